The van der Waals surface area contributed by atoms with Crippen LogP contribution in [0.25, 0.3) is 0 Å². The summed E-state index contributed by atoms with van der Waals surface area (Å²) in [5.74, 6) is 0.985. The summed E-state index contributed by atoms with van der Waals surface area (Å²) in [4.78, 5) is 13.3. The van der Waals surface area contributed by atoms with Crippen LogP contribution in [0.4, 0.5) is 5.82 Å². The lowest BCUT2D eigenvalue weighted by atomic mass is 10.4. The topological polar surface area (TPSA) is 58.1 Å². The van der Waals surface area contributed by atoms with E-state index in [4.69, 9.17) is 11.6 Å². The van der Waals surface area contributed by atoms with Crippen LogP contribution in [0.2, 0.25) is 5.15 Å². The molecule has 100 valence electrons. The molecule has 7 heteroatoms. The van der Waals surface area contributed by atoms with Gasteiger partial charge in [0.25, 0.3) is 0 Å². The van der Waals surface area contributed by atoms with Gasteiger partial charge in [0.15, 0.2) is 5.15 Å². The molecule has 18 heavy (non-hydrogen) atoms. The molecule has 0 spiro atoms. The molecule has 1 saturated heterocycles. The van der Waals surface area contributed by atoms with Crippen molar-refractivity contribution in [1.29, 1.82) is 0 Å². The smallest absolute Gasteiger partial charge is 0.222 e. The van der Waals surface area contributed by atoms with E-state index in [0.29, 0.717) is 17.4 Å². The molecule has 1 N–H and O–H groups in total. The zero-order valence-electron chi connectivity index (χ0n) is 9.93. The van der Waals surface area contributed by atoms with E-state index >= 15 is 0 Å². The average molecular weight is 291 g/mol. The zero-order chi connectivity index (χ0) is 12.1. The molecule has 1 amide bonds. The Labute approximate surface area is 117 Å². The van der Waals surface area contributed by atoms with E-state index in [1.807, 2.05) is 4.90 Å². The SMILES string of the molecule is Cl.O=C1CCCN1CCCNc1ccc(Cl)nn1. The highest BCUT2D eigenvalue weighted by molar-refractivity contribution is 6.29. The van der Waals surface area contributed by atoms with Crippen molar-refractivity contribution in [2.45, 2.75) is 19.3 Å². The van der Waals surface area contributed by atoms with Crippen molar-refractivity contribution in [3.63, 3.8) is 0 Å². The minimum Gasteiger partial charge on any atom is -0.369 e. The van der Waals surface area contributed by atoms with Gasteiger partial charge >= 0.3 is 0 Å². The molecule has 1 fully saturated rings. The van der Waals surface area contributed by atoms with Crippen LogP contribution in [0, 0.1) is 0 Å². The molecular formula is C11H16Cl2N4O. The number of nitrogens with zero attached hydrogens (tertiary/aromatic N) is 3. The van der Waals surface area contributed by atoms with Crippen molar-refractivity contribution in [3.05, 3.63) is 17.3 Å². The van der Waals surface area contributed by atoms with E-state index < -0.39 is 0 Å². The molecular weight excluding hydrogens is 275 g/mol. The van der Waals surface area contributed by atoms with Gasteiger partial charge in [-0.25, -0.2) is 0 Å². The fourth-order valence-electron chi connectivity index (χ4n) is 1.84. The van der Waals surface area contributed by atoms with Crippen LogP contribution < -0.4 is 5.32 Å². The Bertz CT molecular complexity index is 385. The lowest BCUT2D eigenvalue weighted by molar-refractivity contribution is -0.127. The Kier molecular flexibility index (Phi) is 6.15. The van der Waals surface area contributed by atoms with Crippen molar-refractivity contribution < 1.29 is 4.79 Å². The van der Waals surface area contributed by atoms with E-state index in [1.165, 1.54) is 0 Å². The fraction of sp³-hybridized carbons (Fsp3) is 0.545. The lowest BCUT2D eigenvalue weighted by Crippen LogP contribution is -2.27. The van der Waals surface area contributed by atoms with Crippen LogP contribution in [0.5, 0.6) is 0 Å². The minimum absolute atomic E-state index is 0. The van der Waals surface area contributed by atoms with Crippen LogP contribution in [0.1, 0.15) is 19.3 Å². The largest absolute Gasteiger partial charge is 0.369 e. The lowest BCUT2D eigenvalue weighted by Gasteiger charge is -2.15. The van der Waals surface area contributed by atoms with Gasteiger partial charge in [-0.15, -0.1) is 22.6 Å². The van der Waals surface area contributed by atoms with E-state index in [2.05, 4.69) is 15.5 Å². The standard InChI is InChI=1S/C11H15ClN4O.ClH/c12-9-4-5-10(15-14-9)13-6-2-8-16-7-1-3-11(16)17;/h4-5H,1-3,6-8H2,(H,13,15);1H. The van der Waals surface area contributed by atoms with Gasteiger partial charge in [0.1, 0.15) is 5.82 Å². The molecule has 0 aromatic carbocycles. The number of hydrogen-bond acceptors (Lipinski definition) is 4. The number of rotatable bonds is 5. The van der Waals surface area contributed by atoms with Gasteiger partial charge in [-0.2, -0.15) is 0 Å². The summed E-state index contributed by atoms with van der Waals surface area (Å²) in [5.41, 5.74) is 0. The highest BCUT2D eigenvalue weighted by Crippen LogP contribution is 2.10. The summed E-state index contributed by atoms with van der Waals surface area (Å²) < 4.78 is 0. The number of carbonyl (C=O) groups is 1. The zero-order valence-corrected chi connectivity index (χ0v) is 11.5. The summed E-state index contributed by atoms with van der Waals surface area (Å²) >= 11 is 5.63. The number of amides is 1. The van der Waals surface area contributed by atoms with Crippen LogP contribution in [0.3, 0.4) is 0 Å². The first kappa shape index (κ1) is 15.0. The predicted molar refractivity (Wildman–Crippen MR) is 73.2 cm³/mol. The van der Waals surface area contributed by atoms with Crippen molar-refractivity contribution in [2.75, 3.05) is 25.0 Å². The molecule has 0 unspecified atom stereocenters. The highest BCUT2D eigenvalue weighted by Gasteiger charge is 2.18. The van der Waals surface area contributed by atoms with Gasteiger partial charge in [0.05, 0.1) is 0 Å². The second kappa shape index (κ2) is 7.38. The monoisotopic (exact) mass is 290 g/mol. The fourth-order valence-corrected chi connectivity index (χ4v) is 1.94. The highest BCUT2D eigenvalue weighted by atomic mass is 35.5. The van der Waals surface area contributed by atoms with Gasteiger partial charge in [-0.05, 0) is 25.0 Å². The van der Waals surface area contributed by atoms with Gasteiger partial charge < -0.3 is 10.2 Å². The Morgan fingerprint density at radius 1 is 1.39 bits per heavy atom. The van der Waals surface area contributed by atoms with Gasteiger partial charge in [-0.3, -0.25) is 4.79 Å². The van der Waals surface area contributed by atoms with Gasteiger partial charge in [-0.1, -0.05) is 11.6 Å². The third kappa shape index (κ3) is 4.31. The normalized spacial score (nSPS) is 14.5. The molecule has 2 rings (SSSR count). The van der Waals surface area contributed by atoms with Crippen LogP contribution >= 0.6 is 24.0 Å². The molecule has 0 aliphatic carbocycles. The van der Waals surface area contributed by atoms with E-state index in [0.717, 1.165) is 32.5 Å². The molecule has 0 atom stereocenters. The number of likely N-dealkylation sites (tertiary alicyclic amines) is 1. The number of anilines is 1. The Hall–Kier alpha value is -1.07. The molecule has 5 nitrogen and oxygen atoms in total. The van der Waals surface area contributed by atoms with Crippen molar-refractivity contribution >= 4 is 35.7 Å². The molecule has 1 aromatic rings. The van der Waals surface area contributed by atoms with Gasteiger partial charge in [0.2, 0.25) is 5.91 Å². The predicted octanol–water partition coefficient (Wildman–Crippen LogP) is 1.98. The number of carbonyl (C=O) groups excluding carboxylic acids is 1. The van der Waals surface area contributed by atoms with Crippen LogP contribution in [0.15, 0.2) is 12.1 Å². The Balaban J connectivity index is 0.00000162. The van der Waals surface area contributed by atoms with Gasteiger partial charge in [0, 0.05) is 26.1 Å². The first-order valence-corrected chi connectivity index (χ1v) is 6.14. The quantitative estimate of drug-likeness (QED) is 0.843. The Morgan fingerprint density at radius 2 is 2.22 bits per heavy atom. The minimum atomic E-state index is 0. The van der Waals surface area contributed by atoms with Crippen molar-refractivity contribution in [2.24, 2.45) is 0 Å². The maximum atomic E-state index is 11.3. The van der Waals surface area contributed by atoms with E-state index in [9.17, 15) is 4.79 Å². The third-order valence-electron chi connectivity index (χ3n) is 2.71. The number of halogens is 2. The van der Waals surface area contributed by atoms with E-state index in [-0.39, 0.29) is 18.3 Å². The maximum absolute atomic E-state index is 11.3. The maximum Gasteiger partial charge on any atom is 0.222 e. The molecule has 0 saturated carbocycles. The first-order chi connectivity index (χ1) is 8.25. The van der Waals surface area contributed by atoms with Crippen LogP contribution in [-0.2, 0) is 4.79 Å². The number of hydrogen-bond donors (Lipinski definition) is 1. The first-order valence-electron chi connectivity index (χ1n) is 5.76. The van der Waals surface area contributed by atoms with Crippen LogP contribution in [-0.4, -0.2) is 40.6 Å². The molecule has 2 heterocycles. The second-order valence-electron chi connectivity index (χ2n) is 4.01. The summed E-state index contributed by atoms with van der Waals surface area (Å²) in [6.07, 6.45) is 2.61. The molecule has 1 aliphatic heterocycles. The molecule has 1 aromatic heterocycles. The summed E-state index contributed by atoms with van der Waals surface area (Å²) in [5, 5.41) is 11.2. The molecule has 0 bridgehead atoms. The molecule has 1 aliphatic rings. The second-order valence-corrected chi connectivity index (χ2v) is 4.39. The molecule has 0 radical (unpaired) electrons. The van der Waals surface area contributed by atoms with E-state index in [1.54, 1.807) is 12.1 Å². The number of aromatic nitrogens is 2. The summed E-state index contributed by atoms with van der Waals surface area (Å²) in [7, 11) is 0. The van der Waals surface area contributed by atoms with Crippen molar-refractivity contribution in [3.8, 4) is 0 Å². The van der Waals surface area contributed by atoms with Crippen molar-refractivity contribution in [1.82, 2.24) is 15.1 Å². The average Bonchev–Trinajstić information content (AvgIpc) is 2.73. The summed E-state index contributed by atoms with van der Waals surface area (Å²) in [6.45, 7) is 2.49. The Morgan fingerprint density at radius 3 is 2.83 bits per heavy atom. The number of nitrogens with one attached hydrogen (secondary N) is 1. The third-order valence-corrected chi connectivity index (χ3v) is 2.92. The summed E-state index contributed by atoms with van der Waals surface area (Å²) in [6, 6.07) is 3.48.